The number of rotatable bonds is 5. The van der Waals surface area contributed by atoms with Crippen LogP contribution in [0.2, 0.25) is 0 Å². The van der Waals surface area contributed by atoms with Gasteiger partial charge in [-0.1, -0.05) is 45.2 Å². The second kappa shape index (κ2) is 10.8. The molecule has 0 radical (unpaired) electrons. The molecule has 0 aromatic carbocycles. The summed E-state index contributed by atoms with van der Waals surface area (Å²) in [4.78, 5) is 2.41. The second-order valence-corrected chi connectivity index (χ2v) is 4.33. The lowest BCUT2D eigenvalue weighted by molar-refractivity contribution is 0.200. The zero-order valence-electron chi connectivity index (χ0n) is 11.9. The van der Waals surface area contributed by atoms with E-state index in [1.165, 1.54) is 0 Å². The van der Waals surface area contributed by atoms with Crippen molar-refractivity contribution in [2.45, 2.75) is 33.1 Å². The first-order valence-corrected chi connectivity index (χ1v) is 6.82. The van der Waals surface area contributed by atoms with E-state index in [2.05, 4.69) is 24.1 Å². The summed E-state index contributed by atoms with van der Waals surface area (Å²) in [7, 11) is 0. The molecule has 1 heterocycles. The molecule has 0 N–H and O–H groups in total. The van der Waals surface area contributed by atoms with Gasteiger partial charge in [0.25, 0.3) is 0 Å². The number of hydrogen-bond donors (Lipinski definition) is 0. The molecule has 0 aliphatic carbocycles. The highest BCUT2D eigenvalue weighted by Crippen LogP contribution is 2.20. The molecule has 1 fully saturated rings. The van der Waals surface area contributed by atoms with Crippen LogP contribution in [0, 0.1) is 17.2 Å². The Morgan fingerprint density at radius 1 is 1.39 bits per heavy atom. The normalized spacial score (nSPS) is 16.7. The molecule has 0 aromatic rings. The molecule has 0 amide bonds. The molecular weight excluding hydrogens is 220 g/mol. The minimum Gasteiger partial charge on any atom is -0.299 e. The Kier molecular flexibility index (Phi) is 10.0. The number of hydrogen-bond acceptors (Lipinski definition) is 2. The fraction of sp³-hybridized carbons (Fsp3) is 0.562. The smallest absolute Gasteiger partial charge is 0.0624 e. The van der Waals surface area contributed by atoms with Gasteiger partial charge < -0.3 is 0 Å². The van der Waals surface area contributed by atoms with Crippen LogP contribution in [-0.2, 0) is 0 Å². The predicted molar refractivity (Wildman–Crippen MR) is 79.2 cm³/mol. The SMILES string of the molecule is C=C/C=C\C(=C)CN1CCC(CC#N)CC1.CC. The lowest BCUT2D eigenvalue weighted by Crippen LogP contribution is -2.34. The standard InChI is InChI=1S/C14H20N2.C2H6/c1-3-4-5-13(2)12-16-10-7-14(6-9-15)8-11-16;1-2/h3-5,14H,1-2,6-8,10-12H2;1-2H3/b5-4-;. The van der Waals surface area contributed by atoms with E-state index in [1.807, 2.05) is 26.0 Å². The Hall–Kier alpha value is -1.33. The molecule has 100 valence electrons. The summed E-state index contributed by atoms with van der Waals surface area (Å²) in [6.07, 6.45) is 8.70. The van der Waals surface area contributed by atoms with E-state index in [9.17, 15) is 0 Å². The predicted octanol–water partition coefficient (Wildman–Crippen LogP) is 3.94. The van der Waals surface area contributed by atoms with Gasteiger partial charge in [0.1, 0.15) is 0 Å². The Morgan fingerprint density at radius 2 is 2.00 bits per heavy atom. The summed E-state index contributed by atoms with van der Waals surface area (Å²) in [5.41, 5.74) is 1.12. The highest BCUT2D eigenvalue weighted by atomic mass is 15.1. The van der Waals surface area contributed by atoms with Gasteiger partial charge in [0.05, 0.1) is 6.07 Å². The minimum atomic E-state index is 0.609. The molecule has 0 aromatic heterocycles. The van der Waals surface area contributed by atoms with Crippen molar-refractivity contribution in [3.8, 4) is 6.07 Å². The first kappa shape index (κ1) is 16.7. The number of likely N-dealkylation sites (tertiary alicyclic amines) is 1. The van der Waals surface area contributed by atoms with Crippen LogP contribution in [0.5, 0.6) is 0 Å². The molecule has 0 unspecified atom stereocenters. The molecule has 0 atom stereocenters. The molecule has 2 nitrogen and oxygen atoms in total. The monoisotopic (exact) mass is 246 g/mol. The molecule has 1 rings (SSSR count). The van der Waals surface area contributed by atoms with Crippen molar-refractivity contribution < 1.29 is 0 Å². The van der Waals surface area contributed by atoms with Crippen LogP contribution in [0.3, 0.4) is 0 Å². The highest BCUT2D eigenvalue weighted by molar-refractivity contribution is 5.19. The maximum absolute atomic E-state index is 8.63. The van der Waals surface area contributed by atoms with Crippen molar-refractivity contribution in [1.82, 2.24) is 4.90 Å². The van der Waals surface area contributed by atoms with Crippen LogP contribution in [-0.4, -0.2) is 24.5 Å². The molecule has 1 saturated heterocycles. The second-order valence-electron chi connectivity index (χ2n) is 4.33. The number of allylic oxidation sites excluding steroid dienone is 2. The van der Waals surface area contributed by atoms with E-state index in [-0.39, 0.29) is 0 Å². The van der Waals surface area contributed by atoms with Crippen LogP contribution in [0.25, 0.3) is 0 Å². The fourth-order valence-electron chi connectivity index (χ4n) is 2.02. The zero-order valence-corrected chi connectivity index (χ0v) is 11.9. The third-order valence-electron chi connectivity index (χ3n) is 2.98. The van der Waals surface area contributed by atoms with Crippen LogP contribution in [0.4, 0.5) is 0 Å². The first-order chi connectivity index (χ1) is 8.76. The quantitative estimate of drug-likeness (QED) is 0.687. The van der Waals surface area contributed by atoms with E-state index in [1.54, 1.807) is 6.08 Å². The first-order valence-electron chi connectivity index (χ1n) is 6.82. The molecule has 0 spiro atoms. The van der Waals surface area contributed by atoms with Crippen LogP contribution in [0.15, 0.2) is 37.0 Å². The van der Waals surface area contributed by atoms with Gasteiger partial charge in [-0.2, -0.15) is 5.26 Å². The van der Waals surface area contributed by atoms with Gasteiger partial charge in [0.2, 0.25) is 0 Å². The summed E-state index contributed by atoms with van der Waals surface area (Å²) in [6, 6.07) is 2.26. The van der Waals surface area contributed by atoms with Crippen molar-refractivity contribution in [1.29, 1.82) is 5.26 Å². The van der Waals surface area contributed by atoms with Crippen molar-refractivity contribution in [2.75, 3.05) is 19.6 Å². The maximum atomic E-state index is 8.63. The summed E-state index contributed by atoms with van der Waals surface area (Å²) < 4.78 is 0. The summed E-state index contributed by atoms with van der Waals surface area (Å²) in [5.74, 6) is 0.609. The lowest BCUT2D eigenvalue weighted by atomic mass is 9.94. The molecule has 1 aliphatic rings. The third-order valence-corrected chi connectivity index (χ3v) is 2.98. The summed E-state index contributed by atoms with van der Waals surface area (Å²) in [6.45, 7) is 14.8. The molecule has 0 bridgehead atoms. The Balaban J connectivity index is 0.00000137. The van der Waals surface area contributed by atoms with Crippen molar-refractivity contribution in [3.05, 3.63) is 37.0 Å². The third kappa shape index (κ3) is 7.09. The zero-order chi connectivity index (χ0) is 13.8. The van der Waals surface area contributed by atoms with Gasteiger partial charge >= 0.3 is 0 Å². The topological polar surface area (TPSA) is 27.0 Å². The van der Waals surface area contributed by atoms with Gasteiger partial charge in [-0.3, -0.25) is 4.90 Å². The summed E-state index contributed by atoms with van der Waals surface area (Å²) >= 11 is 0. The molecular formula is C16H26N2. The average Bonchev–Trinajstić information content (AvgIpc) is 2.41. The largest absolute Gasteiger partial charge is 0.299 e. The number of piperidine rings is 1. The van der Waals surface area contributed by atoms with Crippen LogP contribution < -0.4 is 0 Å². The van der Waals surface area contributed by atoms with Crippen molar-refractivity contribution >= 4 is 0 Å². The van der Waals surface area contributed by atoms with E-state index in [0.717, 1.165) is 38.0 Å². The van der Waals surface area contributed by atoms with Gasteiger partial charge in [-0.15, -0.1) is 0 Å². The average molecular weight is 246 g/mol. The molecule has 18 heavy (non-hydrogen) atoms. The van der Waals surface area contributed by atoms with Gasteiger partial charge in [-0.05, 0) is 37.4 Å². The number of nitriles is 1. The Bertz CT molecular complexity index is 302. The van der Waals surface area contributed by atoms with E-state index in [0.29, 0.717) is 12.3 Å². The van der Waals surface area contributed by atoms with E-state index in [4.69, 9.17) is 5.26 Å². The van der Waals surface area contributed by atoms with Gasteiger partial charge in [0.15, 0.2) is 0 Å². The molecule has 2 heteroatoms. The van der Waals surface area contributed by atoms with Crippen LogP contribution >= 0.6 is 0 Å². The van der Waals surface area contributed by atoms with Gasteiger partial charge in [0, 0.05) is 13.0 Å². The minimum absolute atomic E-state index is 0.609. The van der Waals surface area contributed by atoms with Crippen molar-refractivity contribution in [3.63, 3.8) is 0 Å². The maximum Gasteiger partial charge on any atom is 0.0624 e. The van der Waals surface area contributed by atoms with Crippen molar-refractivity contribution in [2.24, 2.45) is 5.92 Å². The van der Waals surface area contributed by atoms with E-state index >= 15 is 0 Å². The fourth-order valence-corrected chi connectivity index (χ4v) is 2.02. The molecule has 1 aliphatic heterocycles. The van der Waals surface area contributed by atoms with Gasteiger partial charge in [-0.25, -0.2) is 0 Å². The summed E-state index contributed by atoms with van der Waals surface area (Å²) in [5, 5.41) is 8.63. The number of nitrogens with zero attached hydrogens (tertiary/aromatic N) is 2. The lowest BCUT2D eigenvalue weighted by Gasteiger charge is -2.30. The van der Waals surface area contributed by atoms with E-state index < -0.39 is 0 Å². The molecule has 0 saturated carbocycles. The Morgan fingerprint density at radius 3 is 2.50 bits per heavy atom. The highest BCUT2D eigenvalue weighted by Gasteiger charge is 2.18. The van der Waals surface area contributed by atoms with Crippen LogP contribution in [0.1, 0.15) is 33.1 Å². The Labute approximate surface area is 112 Å².